The second-order valence-corrected chi connectivity index (χ2v) is 5.63. The van der Waals surface area contributed by atoms with Crippen LogP contribution in [0.4, 0.5) is 5.69 Å². The zero-order valence-electron chi connectivity index (χ0n) is 11.8. The van der Waals surface area contributed by atoms with Gasteiger partial charge in [-0.25, -0.2) is 0 Å². The summed E-state index contributed by atoms with van der Waals surface area (Å²) >= 11 is 0. The normalized spacial score (nSPS) is 15.9. The average molecular weight is 267 g/mol. The third kappa shape index (κ3) is 3.02. The van der Waals surface area contributed by atoms with Crippen molar-refractivity contribution < 1.29 is 5.11 Å². The Morgan fingerprint density at radius 2 is 1.80 bits per heavy atom. The van der Waals surface area contributed by atoms with Crippen molar-refractivity contribution >= 4 is 5.69 Å². The first-order valence-electron chi connectivity index (χ1n) is 7.34. The molecule has 0 spiro atoms. The molecule has 3 rings (SSSR count). The van der Waals surface area contributed by atoms with Crippen molar-refractivity contribution in [1.82, 2.24) is 0 Å². The van der Waals surface area contributed by atoms with E-state index in [1.807, 2.05) is 24.3 Å². The van der Waals surface area contributed by atoms with Crippen LogP contribution in [0.2, 0.25) is 0 Å². The van der Waals surface area contributed by atoms with E-state index in [0.29, 0.717) is 0 Å². The Balaban J connectivity index is 1.66. The highest BCUT2D eigenvalue weighted by Gasteiger charge is 2.22. The van der Waals surface area contributed by atoms with E-state index in [2.05, 4.69) is 29.6 Å². The highest BCUT2D eigenvalue weighted by molar-refractivity contribution is 5.52. The molecule has 2 heteroatoms. The topological polar surface area (TPSA) is 32.3 Å². The van der Waals surface area contributed by atoms with Gasteiger partial charge in [0.05, 0.1) is 6.10 Å². The molecule has 2 nitrogen and oxygen atoms in total. The van der Waals surface area contributed by atoms with E-state index >= 15 is 0 Å². The van der Waals surface area contributed by atoms with Crippen molar-refractivity contribution in [2.24, 2.45) is 0 Å². The Bertz CT molecular complexity index is 570. The minimum Gasteiger partial charge on any atom is -0.389 e. The third-order valence-electron chi connectivity index (χ3n) is 3.92. The quantitative estimate of drug-likeness (QED) is 0.849. The number of hydrogen-bond acceptors (Lipinski definition) is 2. The monoisotopic (exact) mass is 267 g/mol. The molecule has 1 fully saturated rings. The molecular formula is C18H21NO. The second kappa shape index (κ2) is 5.68. The molecule has 20 heavy (non-hydrogen) atoms. The fourth-order valence-electron chi connectivity index (χ4n) is 2.54. The first kappa shape index (κ1) is 13.2. The number of nitrogens with one attached hydrogen (secondary N) is 1. The van der Waals surface area contributed by atoms with E-state index in [1.165, 1.54) is 24.0 Å². The Labute approximate surface area is 120 Å². The molecule has 104 valence electrons. The Morgan fingerprint density at radius 1 is 1.10 bits per heavy atom. The van der Waals surface area contributed by atoms with Gasteiger partial charge in [-0.15, -0.1) is 0 Å². The number of anilines is 1. The summed E-state index contributed by atoms with van der Waals surface area (Å²) in [5.74, 6) is 0.813. The summed E-state index contributed by atoms with van der Waals surface area (Å²) in [5, 5.41) is 13.2. The van der Waals surface area contributed by atoms with Crippen LogP contribution in [0.3, 0.4) is 0 Å². The van der Waals surface area contributed by atoms with E-state index in [0.717, 1.165) is 23.7 Å². The van der Waals surface area contributed by atoms with Gasteiger partial charge in [-0.1, -0.05) is 42.5 Å². The summed E-state index contributed by atoms with van der Waals surface area (Å²) in [5.41, 5.74) is 4.70. The minimum absolute atomic E-state index is 0.448. The first-order valence-corrected chi connectivity index (χ1v) is 7.34. The summed E-state index contributed by atoms with van der Waals surface area (Å²) in [6, 6.07) is 16.8. The lowest BCUT2D eigenvalue weighted by atomic mass is 10.1. The van der Waals surface area contributed by atoms with E-state index < -0.39 is 6.10 Å². The maximum absolute atomic E-state index is 9.77. The van der Waals surface area contributed by atoms with Crippen LogP contribution in [0, 0.1) is 0 Å². The summed E-state index contributed by atoms with van der Waals surface area (Å²) in [6.45, 7) is 2.58. The van der Waals surface area contributed by atoms with Gasteiger partial charge in [0, 0.05) is 17.8 Å². The molecule has 2 aromatic carbocycles. The molecule has 0 aliphatic heterocycles. The predicted molar refractivity (Wildman–Crippen MR) is 82.8 cm³/mol. The van der Waals surface area contributed by atoms with Crippen molar-refractivity contribution in [2.75, 3.05) is 5.32 Å². The molecule has 0 heterocycles. The molecule has 2 N–H and O–H groups in total. The molecule has 1 aliphatic carbocycles. The molecule has 1 aliphatic rings. The zero-order valence-corrected chi connectivity index (χ0v) is 11.8. The van der Waals surface area contributed by atoms with Crippen LogP contribution in [0.15, 0.2) is 48.5 Å². The van der Waals surface area contributed by atoms with Crippen LogP contribution in [-0.4, -0.2) is 5.11 Å². The third-order valence-corrected chi connectivity index (χ3v) is 3.92. The summed E-state index contributed by atoms with van der Waals surface area (Å²) in [4.78, 5) is 0. The summed E-state index contributed by atoms with van der Waals surface area (Å²) < 4.78 is 0. The number of aliphatic hydroxyl groups is 1. The molecule has 1 saturated carbocycles. The number of rotatable bonds is 5. The fourth-order valence-corrected chi connectivity index (χ4v) is 2.54. The molecule has 1 atom stereocenters. The highest BCUT2D eigenvalue weighted by Crippen LogP contribution is 2.39. The van der Waals surface area contributed by atoms with Gasteiger partial charge in [-0.3, -0.25) is 0 Å². The molecule has 0 radical (unpaired) electrons. The predicted octanol–water partition coefficient (Wildman–Crippen LogP) is 4.23. The second-order valence-electron chi connectivity index (χ2n) is 5.63. The number of benzene rings is 2. The fraction of sp³-hybridized carbons (Fsp3) is 0.333. The van der Waals surface area contributed by atoms with E-state index in [4.69, 9.17) is 0 Å². The lowest BCUT2D eigenvalue weighted by Gasteiger charge is -2.14. The Hall–Kier alpha value is -1.80. The first-order chi connectivity index (χ1) is 9.74. The molecule has 0 aromatic heterocycles. The molecule has 2 aromatic rings. The Morgan fingerprint density at radius 3 is 2.45 bits per heavy atom. The van der Waals surface area contributed by atoms with Gasteiger partial charge in [0.2, 0.25) is 0 Å². The summed E-state index contributed by atoms with van der Waals surface area (Å²) in [6.07, 6.45) is 2.24. The van der Waals surface area contributed by atoms with Crippen LogP contribution in [0.5, 0.6) is 0 Å². The van der Waals surface area contributed by atoms with E-state index in [1.54, 1.807) is 6.92 Å². The van der Waals surface area contributed by atoms with Gasteiger partial charge in [0.25, 0.3) is 0 Å². The Kier molecular flexibility index (Phi) is 3.75. The van der Waals surface area contributed by atoms with Crippen LogP contribution in [0.25, 0.3) is 0 Å². The van der Waals surface area contributed by atoms with Crippen LogP contribution in [-0.2, 0) is 6.54 Å². The van der Waals surface area contributed by atoms with Crippen molar-refractivity contribution in [3.63, 3.8) is 0 Å². The SMILES string of the molecule is CC(O)c1ccccc1NCc1ccc(C2CC2)cc1. The highest BCUT2D eigenvalue weighted by atomic mass is 16.3. The van der Waals surface area contributed by atoms with Crippen molar-refractivity contribution in [3.05, 3.63) is 65.2 Å². The maximum Gasteiger partial charge on any atom is 0.0781 e. The largest absolute Gasteiger partial charge is 0.389 e. The van der Waals surface area contributed by atoms with Gasteiger partial charge in [-0.05, 0) is 42.9 Å². The zero-order chi connectivity index (χ0) is 13.9. The van der Waals surface area contributed by atoms with Gasteiger partial charge in [0.15, 0.2) is 0 Å². The number of hydrogen-bond donors (Lipinski definition) is 2. The van der Waals surface area contributed by atoms with Gasteiger partial charge in [0.1, 0.15) is 0 Å². The van der Waals surface area contributed by atoms with Crippen molar-refractivity contribution in [1.29, 1.82) is 0 Å². The van der Waals surface area contributed by atoms with Crippen LogP contribution >= 0.6 is 0 Å². The minimum atomic E-state index is -0.448. The van der Waals surface area contributed by atoms with Gasteiger partial charge >= 0.3 is 0 Å². The summed E-state index contributed by atoms with van der Waals surface area (Å²) in [7, 11) is 0. The standard InChI is InChI=1S/C18H21NO/c1-13(20)17-4-2-3-5-18(17)19-12-14-6-8-15(9-7-14)16-10-11-16/h2-9,13,16,19-20H,10-12H2,1H3. The molecule has 0 bridgehead atoms. The maximum atomic E-state index is 9.77. The molecular weight excluding hydrogens is 246 g/mol. The molecule has 1 unspecified atom stereocenters. The lowest BCUT2D eigenvalue weighted by molar-refractivity contribution is 0.200. The molecule has 0 amide bonds. The van der Waals surface area contributed by atoms with Gasteiger partial charge in [-0.2, -0.15) is 0 Å². The number of para-hydroxylation sites is 1. The lowest BCUT2D eigenvalue weighted by Crippen LogP contribution is -2.04. The van der Waals surface area contributed by atoms with Gasteiger partial charge < -0.3 is 10.4 Å². The van der Waals surface area contributed by atoms with E-state index in [9.17, 15) is 5.11 Å². The number of aliphatic hydroxyl groups excluding tert-OH is 1. The smallest absolute Gasteiger partial charge is 0.0781 e. The average Bonchev–Trinajstić information content (AvgIpc) is 3.30. The van der Waals surface area contributed by atoms with Crippen LogP contribution < -0.4 is 5.32 Å². The molecule has 0 saturated heterocycles. The van der Waals surface area contributed by atoms with Crippen LogP contribution in [0.1, 0.15) is 48.5 Å². The van der Waals surface area contributed by atoms with E-state index in [-0.39, 0.29) is 0 Å². The van der Waals surface area contributed by atoms with Crippen molar-refractivity contribution in [3.8, 4) is 0 Å². The van der Waals surface area contributed by atoms with Crippen molar-refractivity contribution in [2.45, 2.75) is 38.3 Å².